The summed E-state index contributed by atoms with van der Waals surface area (Å²) in [7, 11) is 2.07. The number of hydrogen-bond acceptors (Lipinski definition) is 6. The zero-order valence-corrected chi connectivity index (χ0v) is 19.0. The highest BCUT2D eigenvalue weighted by Gasteiger charge is 2.39. The molecule has 158 valence electrons. The largest absolute Gasteiger partial charge is 0.353 e. The summed E-state index contributed by atoms with van der Waals surface area (Å²) in [6.45, 7) is 7.46. The highest BCUT2D eigenvalue weighted by atomic mass is 31.0. The number of ether oxygens (including phenoxy) is 1. The molecule has 6 nitrogen and oxygen atoms in total. The average molecular weight is 412 g/mol. The Kier molecular flexibility index (Phi) is 10.7. The van der Waals surface area contributed by atoms with E-state index in [1.54, 1.807) is 6.92 Å². The van der Waals surface area contributed by atoms with Gasteiger partial charge in [-0.15, -0.1) is 0 Å². The van der Waals surface area contributed by atoms with Gasteiger partial charge in [-0.25, -0.2) is 4.79 Å². The van der Waals surface area contributed by atoms with Crippen LogP contribution in [-0.2, 0) is 23.9 Å². The van der Waals surface area contributed by atoms with Gasteiger partial charge >= 0.3 is 5.97 Å². The second-order valence-corrected chi connectivity index (χ2v) is 7.32. The van der Waals surface area contributed by atoms with Crippen molar-refractivity contribution in [3.63, 3.8) is 0 Å². The normalized spacial score (nSPS) is 16.6. The molecular weight excluding hydrogens is 379 g/mol. The van der Waals surface area contributed by atoms with Crippen LogP contribution in [0.3, 0.4) is 0 Å². The lowest BCUT2D eigenvalue weighted by Gasteiger charge is -2.28. The Morgan fingerprint density at radius 1 is 1.04 bits per heavy atom. The number of aryl methyl sites for hydroxylation is 3. The molecule has 3 atom stereocenters. The van der Waals surface area contributed by atoms with E-state index in [0.717, 1.165) is 48.8 Å². The first-order valence-electron chi connectivity index (χ1n) is 9.66. The topological polar surface area (TPSA) is 78.9 Å². The molecule has 28 heavy (non-hydrogen) atoms. The smallest absolute Gasteiger partial charge is 0.352 e. The van der Waals surface area contributed by atoms with Crippen LogP contribution in [0.4, 0.5) is 0 Å². The fourth-order valence-corrected chi connectivity index (χ4v) is 3.91. The fourth-order valence-electron chi connectivity index (χ4n) is 3.91. The molecule has 1 aliphatic carbocycles. The molecule has 1 aromatic carbocycles. The highest BCUT2D eigenvalue weighted by molar-refractivity contribution is 7.00. The molecule has 0 radical (unpaired) electrons. The minimum absolute atomic E-state index is 0.00898. The van der Waals surface area contributed by atoms with Crippen LogP contribution in [0.15, 0.2) is 12.1 Å². The summed E-state index contributed by atoms with van der Waals surface area (Å²) in [4.78, 5) is 36.0. The maximum atomic E-state index is 13.4. The van der Waals surface area contributed by atoms with Crippen LogP contribution in [0.2, 0.25) is 0 Å². The number of hydrogen-bond donors (Lipinski definition) is 0. The maximum absolute atomic E-state index is 13.4. The lowest BCUT2D eigenvalue weighted by molar-refractivity contribution is -0.344. The van der Waals surface area contributed by atoms with Crippen molar-refractivity contribution in [1.82, 2.24) is 0 Å². The molecule has 0 aromatic heterocycles. The van der Waals surface area contributed by atoms with Gasteiger partial charge in [0.25, 0.3) is 0 Å². The van der Waals surface area contributed by atoms with Crippen molar-refractivity contribution < 1.29 is 28.7 Å². The van der Waals surface area contributed by atoms with Gasteiger partial charge in [-0.05, 0) is 57.6 Å². The third-order valence-corrected chi connectivity index (χ3v) is 5.18. The summed E-state index contributed by atoms with van der Waals surface area (Å²) in [5.41, 5.74) is 3.52. The molecule has 7 heteroatoms. The Bertz CT molecular complexity index is 646. The zero-order chi connectivity index (χ0) is 21.3. The summed E-state index contributed by atoms with van der Waals surface area (Å²) in [5, 5.41) is 0. The third-order valence-electron chi connectivity index (χ3n) is 5.18. The summed E-state index contributed by atoms with van der Waals surface area (Å²) in [5.74, 6) is -1.62. The first-order valence-corrected chi connectivity index (χ1v) is 10.2. The van der Waals surface area contributed by atoms with E-state index in [1.165, 1.54) is 7.11 Å². The molecule has 0 aliphatic heterocycles. The van der Waals surface area contributed by atoms with Gasteiger partial charge in [-0.2, -0.15) is 4.89 Å². The number of carbonyl (C=O) groups is 2. The number of carbonyl (C=O) groups excluding carboxylic acids is 2. The Labute approximate surface area is 169 Å². The predicted octanol–water partition coefficient (Wildman–Crippen LogP) is 4.40. The minimum Gasteiger partial charge on any atom is -0.352 e. The molecule has 3 unspecified atom stereocenters. The lowest BCUT2D eigenvalue weighted by atomic mass is 9.75. The van der Waals surface area contributed by atoms with Crippen LogP contribution in [0.5, 0.6) is 0 Å². The molecule has 1 fully saturated rings. The maximum Gasteiger partial charge on any atom is 0.353 e. The van der Waals surface area contributed by atoms with Gasteiger partial charge in [0.15, 0.2) is 12.1 Å². The Morgan fingerprint density at radius 2 is 1.57 bits per heavy atom. The average Bonchev–Trinajstić information content (AvgIpc) is 2.68. The lowest BCUT2D eigenvalue weighted by Crippen LogP contribution is -2.35. The van der Waals surface area contributed by atoms with Gasteiger partial charge in [0.05, 0.1) is 9.12 Å². The molecule has 0 N–H and O–H groups in total. The van der Waals surface area contributed by atoms with Crippen molar-refractivity contribution in [2.75, 3.05) is 7.11 Å². The third kappa shape index (κ3) is 6.54. The highest BCUT2D eigenvalue weighted by Crippen LogP contribution is 2.34. The van der Waals surface area contributed by atoms with Crippen molar-refractivity contribution >= 4 is 20.9 Å². The standard InChI is InChI=1S/C21H30O5.H3OP/c1-13-11-14(2)18(15(3)12-13)20(22)19(17-9-7-6-8-10-17)21(23)26-25-16(4)24-5;1-2/h11-12,16-17,19H,6-10H2,1-5H3;2H3. The fraction of sp³-hybridized carbons (Fsp3) is 0.619. The minimum atomic E-state index is -0.834. The van der Waals surface area contributed by atoms with Crippen LogP contribution in [0, 0.1) is 32.6 Å². The van der Waals surface area contributed by atoms with Gasteiger partial charge in [-0.3, -0.25) is 9.68 Å². The SMILES string of the molecule is COC(C)OOC(=O)C(C(=O)c1c(C)cc(C)cc1C)C1CCCCC1.O=[PH3]. The number of ketones is 1. The second kappa shape index (κ2) is 12.2. The van der Waals surface area contributed by atoms with E-state index >= 15 is 0 Å². The quantitative estimate of drug-likeness (QED) is 0.165. The monoisotopic (exact) mass is 412 g/mol. The van der Waals surface area contributed by atoms with Crippen LogP contribution in [-0.4, -0.2) is 25.2 Å². The molecule has 0 amide bonds. The van der Waals surface area contributed by atoms with E-state index in [-0.39, 0.29) is 11.7 Å². The summed E-state index contributed by atoms with van der Waals surface area (Å²) in [6, 6.07) is 3.96. The number of benzene rings is 1. The summed E-state index contributed by atoms with van der Waals surface area (Å²) >= 11 is 0. The van der Waals surface area contributed by atoms with E-state index in [9.17, 15) is 9.59 Å². The Balaban J connectivity index is 0.00000190. The number of Topliss-reactive ketones (excluding diaryl/α,β-unsaturated/α-hetero) is 1. The van der Waals surface area contributed by atoms with Crippen LogP contribution < -0.4 is 0 Å². The molecular formula is C21H33O6P. The van der Waals surface area contributed by atoms with Crippen molar-refractivity contribution in [2.45, 2.75) is 66.1 Å². The Morgan fingerprint density at radius 3 is 2.07 bits per heavy atom. The van der Waals surface area contributed by atoms with Crippen LogP contribution in [0.1, 0.15) is 66.1 Å². The molecule has 1 saturated carbocycles. The van der Waals surface area contributed by atoms with E-state index in [2.05, 4.69) is 0 Å². The van der Waals surface area contributed by atoms with Crippen molar-refractivity contribution in [2.24, 2.45) is 11.8 Å². The molecule has 1 aromatic rings. The molecule has 2 rings (SSSR count). The van der Waals surface area contributed by atoms with Gasteiger partial charge in [-0.1, -0.05) is 37.0 Å². The van der Waals surface area contributed by atoms with Crippen molar-refractivity contribution in [1.29, 1.82) is 0 Å². The van der Waals surface area contributed by atoms with Crippen molar-refractivity contribution in [3.05, 3.63) is 34.4 Å². The van der Waals surface area contributed by atoms with Crippen LogP contribution in [0.25, 0.3) is 0 Å². The van der Waals surface area contributed by atoms with Gasteiger partial charge in [0.1, 0.15) is 5.92 Å². The zero-order valence-electron chi connectivity index (χ0n) is 17.6. The van der Waals surface area contributed by atoms with E-state index in [0.29, 0.717) is 14.7 Å². The first-order chi connectivity index (χ1) is 13.3. The molecule has 0 bridgehead atoms. The van der Waals surface area contributed by atoms with E-state index < -0.39 is 18.2 Å². The summed E-state index contributed by atoms with van der Waals surface area (Å²) in [6.07, 6.45) is 4.24. The van der Waals surface area contributed by atoms with Gasteiger partial charge < -0.3 is 9.30 Å². The first kappa shape index (κ1) is 24.5. The van der Waals surface area contributed by atoms with Crippen molar-refractivity contribution in [3.8, 4) is 0 Å². The molecule has 1 aliphatic rings. The predicted molar refractivity (Wildman–Crippen MR) is 110 cm³/mol. The summed E-state index contributed by atoms with van der Waals surface area (Å²) < 4.78 is 13.2. The molecule has 0 heterocycles. The van der Waals surface area contributed by atoms with Gasteiger partial charge in [0.2, 0.25) is 0 Å². The number of rotatable bonds is 7. The van der Waals surface area contributed by atoms with Crippen LogP contribution >= 0.6 is 9.12 Å². The Hall–Kier alpha value is -1.49. The molecule has 0 spiro atoms. The van der Waals surface area contributed by atoms with E-state index in [1.807, 2.05) is 32.9 Å². The van der Waals surface area contributed by atoms with E-state index in [4.69, 9.17) is 19.1 Å². The second-order valence-electron chi connectivity index (χ2n) is 7.32. The van der Waals surface area contributed by atoms with Gasteiger partial charge in [0, 0.05) is 12.7 Å². The molecule has 0 saturated heterocycles. The number of methoxy groups -OCH3 is 1.